The lowest BCUT2D eigenvalue weighted by atomic mass is 10.0. The maximum atomic E-state index is 12.0. The lowest BCUT2D eigenvalue weighted by Gasteiger charge is -2.18. The zero-order valence-electron chi connectivity index (χ0n) is 13.2. The van der Waals surface area contributed by atoms with Gasteiger partial charge in [0.05, 0.1) is 19.9 Å². The van der Waals surface area contributed by atoms with Crippen molar-refractivity contribution in [2.75, 3.05) is 19.5 Å². The molecule has 0 saturated carbocycles. The smallest absolute Gasteiger partial charge is 0.326 e. The normalized spacial score (nSPS) is 11.7. The lowest BCUT2D eigenvalue weighted by molar-refractivity contribution is -0.139. The molecule has 1 atom stereocenters. The highest BCUT2D eigenvalue weighted by Crippen LogP contribution is 2.28. The van der Waals surface area contributed by atoms with Crippen LogP contribution >= 0.6 is 0 Å². The third-order valence-electron chi connectivity index (χ3n) is 2.97. The van der Waals surface area contributed by atoms with Crippen LogP contribution in [0.1, 0.15) is 20.3 Å². The molecule has 0 aliphatic heterocycles. The number of carboxylic acids is 1. The Morgan fingerprint density at radius 1 is 1.23 bits per heavy atom. The Morgan fingerprint density at radius 2 is 1.91 bits per heavy atom. The number of carbonyl (C=O) groups excluding carboxylic acids is 1. The second-order valence-corrected chi connectivity index (χ2v) is 5.19. The predicted molar refractivity (Wildman–Crippen MR) is 82.6 cm³/mol. The van der Waals surface area contributed by atoms with Gasteiger partial charge in [0.2, 0.25) is 0 Å². The number of carbonyl (C=O) groups is 2. The highest BCUT2D eigenvalue weighted by molar-refractivity contribution is 5.93. The third-order valence-corrected chi connectivity index (χ3v) is 2.97. The molecule has 0 saturated heterocycles. The summed E-state index contributed by atoms with van der Waals surface area (Å²) in [5.41, 5.74) is 0.396. The lowest BCUT2D eigenvalue weighted by Crippen LogP contribution is -2.43. The summed E-state index contributed by atoms with van der Waals surface area (Å²) in [6, 6.07) is 3.38. The number of methoxy groups -OCH3 is 2. The fraction of sp³-hybridized carbons (Fsp3) is 0.467. The summed E-state index contributed by atoms with van der Waals surface area (Å²) < 4.78 is 10.2. The molecule has 0 unspecified atom stereocenters. The van der Waals surface area contributed by atoms with E-state index < -0.39 is 18.0 Å². The van der Waals surface area contributed by atoms with E-state index in [-0.39, 0.29) is 5.92 Å². The second-order valence-electron chi connectivity index (χ2n) is 5.19. The molecule has 0 radical (unpaired) electrons. The average molecular weight is 310 g/mol. The standard InChI is InChI=1S/C15H22N2O5/c1-9(2)7-12(14(18)19)17-15(20)16-11-8-10(21-3)5-6-13(11)22-4/h5-6,8-9,12H,7H2,1-4H3,(H,18,19)(H2,16,17,20)/t12-/m0/s1. The molecule has 7 heteroatoms. The van der Waals surface area contributed by atoms with Crippen molar-refractivity contribution in [3.63, 3.8) is 0 Å². The minimum Gasteiger partial charge on any atom is -0.497 e. The number of benzene rings is 1. The Morgan fingerprint density at radius 3 is 2.41 bits per heavy atom. The minimum atomic E-state index is -1.07. The zero-order chi connectivity index (χ0) is 16.7. The van der Waals surface area contributed by atoms with Gasteiger partial charge in [0.1, 0.15) is 17.5 Å². The number of anilines is 1. The van der Waals surface area contributed by atoms with Gasteiger partial charge in [-0.3, -0.25) is 0 Å². The molecule has 0 heterocycles. The van der Waals surface area contributed by atoms with E-state index in [2.05, 4.69) is 10.6 Å². The van der Waals surface area contributed by atoms with Gasteiger partial charge in [-0.2, -0.15) is 0 Å². The van der Waals surface area contributed by atoms with Gasteiger partial charge in [-0.05, 0) is 24.5 Å². The van der Waals surface area contributed by atoms with Crippen LogP contribution in [-0.2, 0) is 4.79 Å². The van der Waals surface area contributed by atoms with E-state index in [0.29, 0.717) is 23.6 Å². The van der Waals surface area contributed by atoms with Gasteiger partial charge in [0, 0.05) is 6.07 Å². The van der Waals surface area contributed by atoms with Gasteiger partial charge in [0.25, 0.3) is 0 Å². The molecule has 0 spiro atoms. The van der Waals surface area contributed by atoms with E-state index in [9.17, 15) is 9.59 Å². The van der Waals surface area contributed by atoms with Crippen LogP contribution in [0.3, 0.4) is 0 Å². The Balaban J connectivity index is 2.81. The molecule has 122 valence electrons. The summed E-state index contributed by atoms with van der Waals surface area (Å²) >= 11 is 0. The largest absolute Gasteiger partial charge is 0.497 e. The summed E-state index contributed by atoms with van der Waals surface area (Å²) in [5, 5.41) is 14.1. The van der Waals surface area contributed by atoms with E-state index in [1.807, 2.05) is 13.8 Å². The molecule has 0 bridgehead atoms. The van der Waals surface area contributed by atoms with Gasteiger partial charge in [-0.25, -0.2) is 9.59 Å². The van der Waals surface area contributed by atoms with E-state index in [4.69, 9.17) is 14.6 Å². The number of ether oxygens (including phenoxy) is 2. The molecule has 0 aromatic heterocycles. The fourth-order valence-electron chi connectivity index (χ4n) is 1.92. The van der Waals surface area contributed by atoms with E-state index in [1.54, 1.807) is 18.2 Å². The molecular formula is C15H22N2O5. The SMILES string of the molecule is COc1ccc(OC)c(NC(=O)N[C@@H](CC(C)C)C(=O)O)c1. The molecule has 1 aromatic carbocycles. The van der Waals surface area contributed by atoms with Gasteiger partial charge in [-0.15, -0.1) is 0 Å². The topological polar surface area (TPSA) is 96.9 Å². The molecule has 7 nitrogen and oxygen atoms in total. The van der Waals surface area contributed by atoms with Crippen molar-refractivity contribution in [2.24, 2.45) is 5.92 Å². The van der Waals surface area contributed by atoms with Crippen molar-refractivity contribution < 1.29 is 24.2 Å². The zero-order valence-corrected chi connectivity index (χ0v) is 13.2. The van der Waals surface area contributed by atoms with Crippen molar-refractivity contribution in [3.05, 3.63) is 18.2 Å². The molecule has 0 aliphatic carbocycles. The molecule has 0 aliphatic rings. The predicted octanol–water partition coefficient (Wildman–Crippen LogP) is 2.32. The van der Waals surface area contributed by atoms with Crippen LogP contribution in [0.2, 0.25) is 0 Å². The Labute approximate surface area is 129 Å². The van der Waals surface area contributed by atoms with E-state index in [1.165, 1.54) is 14.2 Å². The van der Waals surface area contributed by atoms with Crippen LogP contribution in [0.25, 0.3) is 0 Å². The molecular weight excluding hydrogens is 288 g/mol. The number of urea groups is 1. The van der Waals surface area contributed by atoms with E-state index >= 15 is 0 Å². The van der Waals surface area contributed by atoms with Crippen molar-refractivity contribution in [2.45, 2.75) is 26.3 Å². The van der Waals surface area contributed by atoms with Crippen LogP contribution in [0.15, 0.2) is 18.2 Å². The van der Waals surface area contributed by atoms with Crippen LogP contribution in [0, 0.1) is 5.92 Å². The van der Waals surface area contributed by atoms with E-state index in [0.717, 1.165) is 0 Å². The Bertz CT molecular complexity index is 531. The summed E-state index contributed by atoms with van der Waals surface area (Å²) in [5.74, 6) is 0.0777. The minimum absolute atomic E-state index is 0.146. The number of amides is 2. The maximum Gasteiger partial charge on any atom is 0.326 e. The van der Waals surface area contributed by atoms with Crippen molar-refractivity contribution >= 4 is 17.7 Å². The first-order chi connectivity index (χ1) is 10.4. The highest BCUT2D eigenvalue weighted by atomic mass is 16.5. The Hall–Kier alpha value is -2.44. The summed E-state index contributed by atoms with van der Waals surface area (Å²) in [7, 11) is 2.98. The van der Waals surface area contributed by atoms with Crippen molar-refractivity contribution in [1.29, 1.82) is 0 Å². The van der Waals surface area contributed by atoms with Crippen LogP contribution < -0.4 is 20.1 Å². The van der Waals surface area contributed by atoms with Crippen LogP contribution in [0.5, 0.6) is 11.5 Å². The molecule has 0 fully saturated rings. The third kappa shape index (κ3) is 5.16. The highest BCUT2D eigenvalue weighted by Gasteiger charge is 2.21. The van der Waals surface area contributed by atoms with Gasteiger partial charge in [0.15, 0.2) is 0 Å². The van der Waals surface area contributed by atoms with Crippen LogP contribution in [0.4, 0.5) is 10.5 Å². The Kier molecular flexibility index (Phi) is 6.49. The number of hydrogen-bond donors (Lipinski definition) is 3. The quantitative estimate of drug-likeness (QED) is 0.718. The fourth-order valence-corrected chi connectivity index (χ4v) is 1.92. The summed E-state index contributed by atoms with van der Waals surface area (Å²) in [6.07, 6.45) is 0.345. The number of carboxylic acid groups (broad SMARTS) is 1. The first-order valence-electron chi connectivity index (χ1n) is 6.89. The first-order valence-corrected chi connectivity index (χ1v) is 6.89. The molecule has 22 heavy (non-hydrogen) atoms. The maximum absolute atomic E-state index is 12.0. The monoisotopic (exact) mass is 310 g/mol. The summed E-state index contributed by atoms with van der Waals surface area (Å²) in [4.78, 5) is 23.2. The molecule has 1 aromatic rings. The molecule has 3 N–H and O–H groups in total. The van der Waals surface area contributed by atoms with Crippen molar-refractivity contribution in [3.8, 4) is 11.5 Å². The number of rotatable bonds is 7. The van der Waals surface area contributed by atoms with Crippen LogP contribution in [-0.4, -0.2) is 37.4 Å². The number of nitrogens with one attached hydrogen (secondary N) is 2. The second kappa shape index (κ2) is 8.11. The number of hydrogen-bond acceptors (Lipinski definition) is 4. The van der Waals surface area contributed by atoms with Gasteiger partial charge < -0.3 is 25.2 Å². The van der Waals surface area contributed by atoms with Crippen molar-refractivity contribution in [1.82, 2.24) is 5.32 Å². The molecule has 2 amide bonds. The first kappa shape index (κ1) is 17.6. The number of aliphatic carboxylic acids is 1. The average Bonchev–Trinajstić information content (AvgIpc) is 2.45. The molecule has 1 rings (SSSR count). The van der Waals surface area contributed by atoms with Gasteiger partial charge in [-0.1, -0.05) is 13.8 Å². The van der Waals surface area contributed by atoms with Gasteiger partial charge >= 0.3 is 12.0 Å². The summed E-state index contributed by atoms with van der Waals surface area (Å²) in [6.45, 7) is 3.78.